The lowest BCUT2D eigenvalue weighted by molar-refractivity contribution is -0.115. The van der Waals surface area contributed by atoms with Crippen molar-refractivity contribution >= 4 is 29.2 Å². The summed E-state index contributed by atoms with van der Waals surface area (Å²) < 4.78 is 0. The highest BCUT2D eigenvalue weighted by molar-refractivity contribution is 6.12. The van der Waals surface area contributed by atoms with Gasteiger partial charge in [0.25, 0.3) is 0 Å². The highest BCUT2D eigenvalue weighted by atomic mass is 16.2. The standard InChI is InChI=1S/C23H28N4O/c1-2-3-12-26-13-15-27(16-14-26)19-10-8-18(9-11-19)24-17-21-20-6-4-5-7-22(20)25-23(21)28/h4-11,17,21H,2-3,12-16H2,1H3,(H,25,28). The van der Waals surface area contributed by atoms with Crippen molar-refractivity contribution in [3.8, 4) is 0 Å². The zero-order valence-corrected chi connectivity index (χ0v) is 16.5. The Hall–Kier alpha value is -2.66. The van der Waals surface area contributed by atoms with E-state index in [0.29, 0.717) is 0 Å². The van der Waals surface area contributed by atoms with E-state index in [1.807, 2.05) is 36.4 Å². The number of carbonyl (C=O) groups excluding carboxylic acids is 1. The molecule has 2 aliphatic heterocycles. The van der Waals surface area contributed by atoms with Gasteiger partial charge in [0.05, 0.1) is 5.69 Å². The minimum absolute atomic E-state index is 0.0116. The van der Waals surface area contributed by atoms with Crippen LogP contribution in [0.2, 0.25) is 0 Å². The summed E-state index contributed by atoms with van der Waals surface area (Å²) in [7, 11) is 0. The Balaban J connectivity index is 1.37. The van der Waals surface area contributed by atoms with Crippen molar-refractivity contribution in [3.05, 3.63) is 54.1 Å². The number of benzene rings is 2. The molecule has 1 unspecified atom stereocenters. The topological polar surface area (TPSA) is 47.9 Å². The predicted molar refractivity (Wildman–Crippen MR) is 116 cm³/mol. The maximum absolute atomic E-state index is 12.2. The summed E-state index contributed by atoms with van der Waals surface area (Å²) in [6, 6.07) is 16.1. The summed E-state index contributed by atoms with van der Waals surface area (Å²) in [4.78, 5) is 21.7. The van der Waals surface area contributed by atoms with Crippen LogP contribution in [0.4, 0.5) is 17.1 Å². The monoisotopic (exact) mass is 376 g/mol. The van der Waals surface area contributed by atoms with Gasteiger partial charge in [0.1, 0.15) is 5.92 Å². The first-order valence-electron chi connectivity index (χ1n) is 10.3. The number of nitrogens with one attached hydrogen (secondary N) is 1. The lowest BCUT2D eigenvalue weighted by atomic mass is 10.0. The fourth-order valence-corrected chi connectivity index (χ4v) is 3.90. The number of aliphatic imine (C=N–C) groups is 1. The van der Waals surface area contributed by atoms with Gasteiger partial charge < -0.3 is 10.2 Å². The van der Waals surface area contributed by atoms with E-state index >= 15 is 0 Å². The summed E-state index contributed by atoms with van der Waals surface area (Å²) >= 11 is 0. The van der Waals surface area contributed by atoms with Crippen LogP contribution in [0.5, 0.6) is 0 Å². The summed E-state index contributed by atoms with van der Waals surface area (Å²) in [5.74, 6) is -0.324. The minimum atomic E-state index is -0.313. The van der Waals surface area contributed by atoms with Gasteiger partial charge in [0, 0.05) is 43.8 Å². The molecule has 146 valence electrons. The Morgan fingerprint density at radius 1 is 1.07 bits per heavy atom. The molecule has 1 fully saturated rings. The maximum Gasteiger partial charge on any atom is 0.237 e. The average molecular weight is 377 g/mol. The van der Waals surface area contributed by atoms with Crippen LogP contribution in [0.3, 0.4) is 0 Å². The third-order valence-corrected chi connectivity index (χ3v) is 5.62. The van der Waals surface area contributed by atoms with Crippen molar-refractivity contribution < 1.29 is 4.79 Å². The number of amides is 1. The smallest absolute Gasteiger partial charge is 0.237 e. The summed E-state index contributed by atoms with van der Waals surface area (Å²) in [6.45, 7) is 7.89. The molecular weight excluding hydrogens is 348 g/mol. The second-order valence-corrected chi connectivity index (χ2v) is 7.53. The number of rotatable bonds is 6. The Morgan fingerprint density at radius 2 is 1.82 bits per heavy atom. The molecule has 5 nitrogen and oxygen atoms in total. The Morgan fingerprint density at radius 3 is 2.57 bits per heavy atom. The van der Waals surface area contributed by atoms with Crippen LogP contribution in [0.25, 0.3) is 0 Å². The molecule has 1 saturated heterocycles. The zero-order valence-electron chi connectivity index (χ0n) is 16.5. The van der Waals surface area contributed by atoms with Crippen molar-refractivity contribution in [1.29, 1.82) is 0 Å². The van der Waals surface area contributed by atoms with Gasteiger partial charge in [0.15, 0.2) is 0 Å². The molecule has 0 saturated carbocycles. The third-order valence-electron chi connectivity index (χ3n) is 5.62. The number of anilines is 2. The Kier molecular flexibility index (Phi) is 5.72. The highest BCUT2D eigenvalue weighted by Gasteiger charge is 2.28. The van der Waals surface area contributed by atoms with Gasteiger partial charge in [-0.1, -0.05) is 31.5 Å². The number of hydrogen-bond acceptors (Lipinski definition) is 4. The van der Waals surface area contributed by atoms with Crippen molar-refractivity contribution in [1.82, 2.24) is 4.90 Å². The number of carbonyl (C=O) groups is 1. The number of unbranched alkanes of at least 4 members (excludes halogenated alkanes) is 1. The van der Waals surface area contributed by atoms with E-state index < -0.39 is 0 Å². The lowest BCUT2D eigenvalue weighted by Crippen LogP contribution is -2.46. The molecule has 0 aliphatic carbocycles. The van der Waals surface area contributed by atoms with Crippen LogP contribution in [0, 0.1) is 0 Å². The molecule has 2 aromatic carbocycles. The summed E-state index contributed by atoms with van der Waals surface area (Å²) in [5, 5.41) is 2.91. The largest absolute Gasteiger partial charge is 0.369 e. The molecule has 1 N–H and O–H groups in total. The van der Waals surface area contributed by atoms with E-state index in [4.69, 9.17) is 0 Å². The molecule has 2 aliphatic rings. The second-order valence-electron chi connectivity index (χ2n) is 7.53. The zero-order chi connectivity index (χ0) is 19.3. The van der Waals surface area contributed by atoms with E-state index in [1.165, 1.54) is 25.1 Å². The van der Waals surface area contributed by atoms with Crippen molar-refractivity contribution in [2.45, 2.75) is 25.7 Å². The fourth-order valence-electron chi connectivity index (χ4n) is 3.90. The van der Waals surface area contributed by atoms with Gasteiger partial charge in [-0.3, -0.25) is 14.7 Å². The first-order chi connectivity index (χ1) is 13.7. The first kappa shape index (κ1) is 18.7. The maximum atomic E-state index is 12.2. The summed E-state index contributed by atoms with van der Waals surface area (Å²) in [5.41, 5.74) is 4.01. The molecule has 4 rings (SSSR count). The van der Waals surface area contributed by atoms with Gasteiger partial charge in [-0.2, -0.15) is 0 Å². The number of para-hydroxylation sites is 1. The number of hydrogen-bond donors (Lipinski definition) is 1. The Bertz CT molecular complexity index is 838. The van der Waals surface area contributed by atoms with Gasteiger partial charge >= 0.3 is 0 Å². The highest BCUT2D eigenvalue weighted by Crippen LogP contribution is 2.31. The van der Waals surface area contributed by atoms with E-state index in [2.05, 4.69) is 39.2 Å². The number of nitrogens with zero attached hydrogens (tertiary/aromatic N) is 3. The van der Waals surface area contributed by atoms with Crippen molar-refractivity contribution in [2.75, 3.05) is 42.9 Å². The van der Waals surface area contributed by atoms with Crippen LogP contribution >= 0.6 is 0 Å². The van der Waals surface area contributed by atoms with E-state index in [9.17, 15) is 4.79 Å². The van der Waals surface area contributed by atoms with Gasteiger partial charge in [-0.25, -0.2) is 0 Å². The van der Waals surface area contributed by atoms with Crippen LogP contribution < -0.4 is 10.2 Å². The molecule has 1 amide bonds. The van der Waals surface area contributed by atoms with Gasteiger partial charge in [0.2, 0.25) is 5.91 Å². The molecule has 2 heterocycles. The summed E-state index contributed by atoms with van der Waals surface area (Å²) in [6.07, 6.45) is 4.30. The van der Waals surface area contributed by atoms with E-state index in [1.54, 1.807) is 6.21 Å². The molecule has 0 spiro atoms. The fraction of sp³-hybridized carbons (Fsp3) is 0.391. The third kappa shape index (κ3) is 4.09. The van der Waals surface area contributed by atoms with E-state index in [0.717, 1.165) is 43.1 Å². The van der Waals surface area contributed by atoms with E-state index in [-0.39, 0.29) is 11.8 Å². The average Bonchev–Trinajstić information content (AvgIpc) is 3.06. The SMILES string of the molecule is CCCCN1CCN(c2ccc(N=CC3C(=O)Nc4ccccc43)cc2)CC1. The van der Waals surface area contributed by atoms with Crippen LogP contribution in [-0.4, -0.2) is 49.7 Å². The normalized spacial score (nSPS) is 19.8. The Labute approximate surface area is 167 Å². The molecular formula is C23H28N4O. The molecule has 2 aromatic rings. The molecule has 1 atom stereocenters. The quantitative estimate of drug-likeness (QED) is 0.774. The number of piperazine rings is 1. The van der Waals surface area contributed by atoms with Crippen LogP contribution in [0.1, 0.15) is 31.2 Å². The lowest BCUT2D eigenvalue weighted by Gasteiger charge is -2.36. The molecule has 5 heteroatoms. The van der Waals surface area contributed by atoms with Crippen LogP contribution in [0.15, 0.2) is 53.5 Å². The van der Waals surface area contributed by atoms with Crippen LogP contribution in [-0.2, 0) is 4.79 Å². The molecule has 0 radical (unpaired) electrons. The molecule has 0 bridgehead atoms. The first-order valence-corrected chi connectivity index (χ1v) is 10.3. The van der Waals surface area contributed by atoms with Crippen molar-refractivity contribution in [3.63, 3.8) is 0 Å². The van der Waals surface area contributed by atoms with Crippen molar-refractivity contribution in [2.24, 2.45) is 4.99 Å². The predicted octanol–water partition coefficient (Wildman–Crippen LogP) is 4.05. The molecule has 0 aromatic heterocycles. The van der Waals surface area contributed by atoms with Gasteiger partial charge in [-0.15, -0.1) is 0 Å². The van der Waals surface area contributed by atoms with Gasteiger partial charge in [-0.05, 0) is 48.9 Å². The molecule has 28 heavy (non-hydrogen) atoms. The number of fused-ring (bicyclic) bond motifs is 1. The minimum Gasteiger partial charge on any atom is -0.369 e. The second kappa shape index (κ2) is 8.57.